The summed E-state index contributed by atoms with van der Waals surface area (Å²) in [6.45, 7) is 2.51. The average Bonchev–Trinajstić information content (AvgIpc) is 3.06. The van der Waals surface area contributed by atoms with Gasteiger partial charge >= 0.3 is 0 Å². The van der Waals surface area contributed by atoms with E-state index in [0.29, 0.717) is 12.2 Å². The second-order valence-electron chi connectivity index (χ2n) is 5.50. The van der Waals surface area contributed by atoms with Crippen LogP contribution in [0.5, 0.6) is 5.75 Å². The Kier molecular flexibility index (Phi) is 4.99. The molecule has 2 aromatic carbocycles. The van der Waals surface area contributed by atoms with Gasteiger partial charge in [-0.25, -0.2) is 0 Å². The van der Waals surface area contributed by atoms with Crippen LogP contribution in [-0.4, -0.2) is 23.4 Å². The first-order valence-electron chi connectivity index (χ1n) is 8.04. The Labute approximate surface area is 145 Å². The maximum absolute atomic E-state index is 12.2. The molecular formula is C19H19N3O3. The van der Waals surface area contributed by atoms with Crippen molar-refractivity contribution in [2.45, 2.75) is 13.3 Å². The lowest BCUT2D eigenvalue weighted by Gasteiger charge is -2.08. The molecule has 0 radical (unpaired) electrons. The van der Waals surface area contributed by atoms with Crippen molar-refractivity contribution in [1.82, 2.24) is 15.8 Å². The summed E-state index contributed by atoms with van der Waals surface area (Å²) in [6, 6.07) is 14.8. The van der Waals surface area contributed by atoms with Crippen LogP contribution in [0.15, 0.2) is 54.7 Å². The number of hydrogen-bond acceptors (Lipinski definition) is 3. The highest BCUT2D eigenvalue weighted by molar-refractivity contribution is 6.07. The Morgan fingerprint density at radius 3 is 2.56 bits per heavy atom. The summed E-state index contributed by atoms with van der Waals surface area (Å²) in [5.74, 6) is 0.106. The fourth-order valence-corrected chi connectivity index (χ4v) is 2.55. The molecule has 128 valence electrons. The molecule has 6 heteroatoms. The van der Waals surface area contributed by atoms with Gasteiger partial charge in [0.1, 0.15) is 5.75 Å². The van der Waals surface area contributed by atoms with Crippen LogP contribution in [0.1, 0.15) is 22.8 Å². The molecule has 0 aliphatic heterocycles. The van der Waals surface area contributed by atoms with Crippen molar-refractivity contribution < 1.29 is 14.3 Å². The van der Waals surface area contributed by atoms with E-state index in [1.54, 1.807) is 6.20 Å². The largest absolute Gasteiger partial charge is 0.494 e. The molecule has 1 heterocycles. The number of carbonyl (C=O) groups is 2. The highest BCUT2D eigenvalue weighted by atomic mass is 16.5. The number of carbonyl (C=O) groups excluding carboxylic acids is 2. The molecular weight excluding hydrogens is 318 g/mol. The van der Waals surface area contributed by atoms with Crippen molar-refractivity contribution in [3.8, 4) is 5.75 Å². The third-order valence-corrected chi connectivity index (χ3v) is 3.75. The molecule has 0 unspecified atom stereocenters. The molecule has 0 saturated carbocycles. The summed E-state index contributed by atoms with van der Waals surface area (Å²) >= 11 is 0. The molecule has 1 aromatic heterocycles. The van der Waals surface area contributed by atoms with E-state index < -0.39 is 0 Å². The average molecular weight is 337 g/mol. The fraction of sp³-hybridized carbons (Fsp3) is 0.158. The smallest absolute Gasteiger partial charge is 0.271 e. The van der Waals surface area contributed by atoms with E-state index in [1.165, 1.54) is 0 Å². The summed E-state index contributed by atoms with van der Waals surface area (Å²) in [4.78, 5) is 27.3. The molecule has 0 fully saturated rings. The molecule has 3 N–H and O–H groups in total. The van der Waals surface area contributed by atoms with Gasteiger partial charge in [0.05, 0.1) is 18.6 Å². The van der Waals surface area contributed by atoms with Gasteiger partial charge in [-0.15, -0.1) is 0 Å². The number of para-hydroxylation sites is 1. The number of ether oxygens (including phenoxy) is 1. The molecule has 3 rings (SSSR count). The van der Waals surface area contributed by atoms with Crippen LogP contribution >= 0.6 is 0 Å². The minimum atomic E-state index is -0.363. The Bertz CT molecular complexity index is 884. The number of aromatic nitrogens is 1. The van der Waals surface area contributed by atoms with E-state index in [-0.39, 0.29) is 18.2 Å². The van der Waals surface area contributed by atoms with Gasteiger partial charge in [0.2, 0.25) is 5.91 Å². The number of amides is 2. The van der Waals surface area contributed by atoms with Gasteiger partial charge in [-0.1, -0.05) is 30.3 Å². The number of hydrogen-bond donors (Lipinski definition) is 3. The number of nitrogens with one attached hydrogen (secondary N) is 3. The van der Waals surface area contributed by atoms with Crippen LogP contribution in [0.4, 0.5) is 0 Å². The lowest BCUT2D eigenvalue weighted by molar-refractivity contribution is -0.121. The van der Waals surface area contributed by atoms with E-state index in [0.717, 1.165) is 22.2 Å². The van der Waals surface area contributed by atoms with E-state index in [2.05, 4.69) is 15.8 Å². The van der Waals surface area contributed by atoms with Gasteiger partial charge in [-0.2, -0.15) is 0 Å². The molecule has 0 saturated heterocycles. The van der Waals surface area contributed by atoms with Gasteiger partial charge < -0.3 is 9.72 Å². The van der Waals surface area contributed by atoms with Crippen LogP contribution in [-0.2, 0) is 11.2 Å². The minimum absolute atomic E-state index is 0.167. The van der Waals surface area contributed by atoms with Crippen molar-refractivity contribution >= 4 is 22.7 Å². The topological polar surface area (TPSA) is 83.2 Å². The van der Waals surface area contributed by atoms with Crippen molar-refractivity contribution in [2.24, 2.45) is 0 Å². The Balaban J connectivity index is 1.55. The fourth-order valence-electron chi connectivity index (χ4n) is 2.55. The molecule has 0 atom stereocenters. The molecule has 0 spiro atoms. The van der Waals surface area contributed by atoms with Gasteiger partial charge in [0, 0.05) is 17.1 Å². The molecule has 2 amide bonds. The van der Waals surface area contributed by atoms with Crippen LogP contribution in [0.2, 0.25) is 0 Å². The minimum Gasteiger partial charge on any atom is -0.494 e. The molecule has 3 aromatic rings. The zero-order valence-corrected chi connectivity index (χ0v) is 13.8. The number of rotatable bonds is 5. The van der Waals surface area contributed by atoms with Crippen LogP contribution < -0.4 is 15.6 Å². The van der Waals surface area contributed by atoms with Crippen LogP contribution in [0.3, 0.4) is 0 Å². The van der Waals surface area contributed by atoms with Gasteiger partial charge in [-0.3, -0.25) is 20.4 Å². The van der Waals surface area contributed by atoms with Crippen molar-refractivity contribution in [3.05, 3.63) is 65.9 Å². The molecule has 6 nitrogen and oxygen atoms in total. The van der Waals surface area contributed by atoms with Gasteiger partial charge in [-0.05, 0) is 30.7 Å². The van der Waals surface area contributed by atoms with Crippen LogP contribution in [0.25, 0.3) is 10.9 Å². The highest BCUT2D eigenvalue weighted by Crippen LogP contribution is 2.17. The molecule has 25 heavy (non-hydrogen) atoms. The summed E-state index contributed by atoms with van der Waals surface area (Å²) < 4.78 is 5.36. The Hall–Kier alpha value is -3.28. The zero-order valence-electron chi connectivity index (χ0n) is 13.8. The molecule has 0 aliphatic rings. The van der Waals surface area contributed by atoms with Crippen molar-refractivity contribution in [2.75, 3.05) is 6.61 Å². The number of H-pyrrole nitrogens is 1. The lowest BCUT2D eigenvalue weighted by Crippen LogP contribution is -2.42. The predicted molar refractivity (Wildman–Crippen MR) is 95.2 cm³/mol. The van der Waals surface area contributed by atoms with Crippen molar-refractivity contribution in [1.29, 1.82) is 0 Å². The predicted octanol–water partition coefficient (Wildman–Crippen LogP) is 2.57. The SMILES string of the molecule is CCOc1ccc(CC(=O)NNC(=O)c2c[nH]c3ccccc23)cc1. The van der Waals surface area contributed by atoms with E-state index in [4.69, 9.17) is 4.74 Å². The standard InChI is InChI=1S/C19H19N3O3/c1-2-25-14-9-7-13(8-10-14)11-18(23)21-22-19(24)16-12-20-17-6-4-3-5-15(16)17/h3-10,12,20H,2,11H2,1H3,(H,21,23)(H,22,24). The molecule has 0 bridgehead atoms. The quantitative estimate of drug-likeness (QED) is 0.626. The zero-order chi connectivity index (χ0) is 17.6. The summed E-state index contributed by atoms with van der Waals surface area (Å²) in [5.41, 5.74) is 7.07. The normalized spacial score (nSPS) is 10.4. The molecule has 0 aliphatic carbocycles. The summed E-state index contributed by atoms with van der Waals surface area (Å²) in [5, 5.41) is 0.806. The number of benzene rings is 2. The first kappa shape index (κ1) is 16.6. The van der Waals surface area contributed by atoms with Crippen LogP contribution in [0, 0.1) is 0 Å². The third kappa shape index (κ3) is 3.98. The van der Waals surface area contributed by atoms with Gasteiger partial charge in [0.25, 0.3) is 5.91 Å². The second-order valence-corrected chi connectivity index (χ2v) is 5.50. The summed E-state index contributed by atoms with van der Waals surface area (Å²) in [6.07, 6.45) is 1.79. The number of aromatic amines is 1. The lowest BCUT2D eigenvalue weighted by atomic mass is 10.1. The van der Waals surface area contributed by atoms with Gasteiger partial charge in [0.15, 0.2) is 0 Å². The highest BCUT2D eigenvalue weighted by Gasteiger charge is 2.12. The van der Waals surface area contributed by atoms with E-state index >= 15 is 0 Å². The number of hydrazine groups is 1. The maximum Gasteiger partial charge on any atom is 0.271 e. The van der Waals surface area contributed by atoms with Crippen molar-refractivity contribution in [3.63, 3.8) is 0 Å². The summed E-state index contributed by atoms with van der Waals surface area (Å²) in [7, 11) is 0. The monoisotopic (exact) mass is 337 g/mol. The van der Waals surface area contributed by atoms with E-state index in [1.807, 2.05) is 55.5 Å². The maximum atomic E-state index is 12.2. The Morgan fingerprint density at radius 1 is 1.04 bits per heavy atom. The Morgan fingerprint density at radius 2 is 1.80 bits per heavy atom. The number of fused-ring (bicyclic) bond motifs is 1. The first-order valence-corrected chi connectivity index (χ1v) is 8.04. The third-order valence-electron chi connectivity index (χ3n) is 3.75. The first-order chi connectivity index (χ1) is 12.2. The van der Waals surface area contributed by atoms with E-state index in [9.17, 15) is 9.59 Å². The second kappa shape index (κ2) is 7.53.